The lowest BCUT2D eigenvalue weighted by molar-refractivity contribution is -0.304. The summed E-state index contributed by atoms with van der Waals surface area (Å²) >= 11 is 0. The van der Waals surface area contributed by atoms with Gasteiger partial charge in [-0.3, -0.25) is 9.80 Å². The topological polar surface area (TPSA) is 290 Å². The van der Waals surface area contributed by atoms with Gasteiger partial charge in [0.15, 0.2) is 6.29 Å². The average Bonchev–Trinajstić information content (AvgIpc) is 2.95. The standard InChI is InChI=1S/C25H47N7O11/c1-25(38)11-40-24(18(36)21(25)29-2)43-20-15(30-22(37)16(34)5-6-26)9-14(28)19(17(20)35)42-23-13(27)4-3-12(41-23)10-32(31-39)7-8-33/h3,13-21,23-24,29,33-36,38H,4-11,26-28H2,1-2H3,(H,30,37)/t13-,14+,15-,16+,17+,18-,19-,20+,21-,23-,24-,25+/m1/s1. The van der Waals surface area contributed by atoms with Crippen molar-refractivity contribution in [3.63, 3.8) is 0 Å². The number of rotatable bonds is 14. The van der Waals surface area contributed by atoms with Gasteiger partial charge in [-0.25, -0.2) is 0 Å². The summed E-state index contributed by atoms with van der Waals surface area (Å²) in [6, 6.07) is -3.38. The number of nitrogens with two attached hydrogens (primary N) is 3. The lowest BCUT2D eigenvalue weighted by Gasteiger charge is -2.49. The molecule has 18 heteroatoms. The van der Waals surface area contributed by atoms with Gasteiger partial charge in [0, 0.05) is 6.04 Å². The van der Waals surface area contributed by atoms with Gasteiger partial charge in [0.05, 0.1) is 49.7 Å². The highest BCUT2D eigenvalue weighted by Crippen LogP contribution is 2.32. The fraction of sp³-hybridized carbons (Fsp3) is 0.880. The number of carbonyl (C=O) groups is 1. The van der Waals surface area contributed by atoms with Crippen molar-refractivity contribution < 1.29 is 49.3 Å². The number of ether oxygens (including phenoxy) is 4. The third-order valence-electron chi connectivity index (χ3n) is 7.86. The van der Waals surface area contributed by atoms with E-state index in [2.05, 4.69) is 15.9 Å². The van der Waals surface area contributed by atoms with Gasteiger partial charge in [-0.1, -0.05) is 0 Å². The predicted octanol–water partition coefficient (Wildman–Crippen LogP) is -4.97. The summed E-state index contributed by atoms with van der Waals surface area (Å²) in [5.74, 6) is -0.443. The molecule has 0 radical (unpaired) electrons. The Hall–Kier alpha value is -2.07. The number of hydrogen-bond acceptors (Lipinski definition) is 16. The van der Waals surface area contributed by atoms with Crippen molar-refractivity contribution in [1.82, 2.24) is 15.6 Å². The molecule has 2 heterocycles. The third-order valence-corrected chi connectivity index (χ3v) is 7.86. The maximum Gasteiger partial charge on any atom is 0.249 e. The summed E-state index contributed by atoms with van der Waals surface area (Å²) in [5.41, 5.74) is 16.7. The fourth-order valence-corrected chi connectivity index (χ4v) is 5.52. The second kappa shape index (κ2) is 15.8. The first-order valence-corrected chi connectivity index (χ1v) is 14.3. The zero-order chi connectivity index (χ0) is 31.9. The molecule has 0 aromatic heterocycles. The summed E-state index contributed by atoms with van der Waals surface area (Å²) in [6.07, 6.45) is -7.22. The van der Waals surface area contributed by atoms with Gasteiger partial charge in [-0.15, -0.1) is 4.91 Å². The number of likely N-dealkylation sites (N-methyl/N-ethyl adjacent to an activating group) is 1. The van der Waals surface area contributed by atoms with Crippen LogP contribution >= 0.6 is 0 Å². The van der Waals surface area contributed by atoms with E-state index in [9.17, 15) is 30.1 Å². The Balaban J connectivity index is 1.80. The Bertz CT molecular complexity index is 947. The second-order valence-corrected chi connectivity index (χ2v) is 11.3. The minimum absolute atomic E-state index is 0.00405. The zero-order valence-corrected chi connectivity index (χ0v) is 24.4. The van der Waals surface area contributed by atoms with Gasteiger partial charge in [-0.05, 0) is 45.9 Å². The van der Waals surface area contributed by atoms with Crippen molar-refractivity contribution in [3.05, 3.63) is 16.7 Å². The van der Waals surface area contributed by atoms with E-state index in [0.29, 0.717) is 12.2 Å². The molecule has 2 fully saturated rings. The summed E-state index contributed by atoms with van der Waals surface area (Å²) in [4.78, 5) is 23.8. The lowest BCUT2D eigenvalue weighted by atomic mass is 9.83. The van der Waals surface area contributed by atoms with E-state index in [1.54, 1.807) is 13.1 Å². The molecule has 1 aliphatic carbocycles. The number of carbonyl (C=O) groups excluding carboxylic acids is 1. The fourth-order valence-electron chi connectivity index (χ4n) is 5.52. The van der Waals surface area contributed by atoms with Crippen LogP contribution < -0.4 is 27.8 Å². The van der Waals surface area contributed by atoms with E-state index in [4.69, 9.17) is 41.3 Å². The SMILES string of the molecule is CN[C@@H]1[C@@H](O)[C@@H](O[C@@H]2[C@@H](O)[C@H](O[C@H]3OC(CN(CCO)N=O)=CC[C@H]3N)[C@@H](N)C[C@H]2NC(=O)[C@@H](O)CCN)OC[C@]1(C)O. The van der Waals surface area contributed by atoms with Gasteiger partial charge in [0.25, 0.3) is 0 Å². The predicted molar refractivity (Wildman–Crippen MR) is 149 cm³/mol. The van der Waals surface area contributed by atoms with Crippen molar-refractivity contribution >= 4 is 5.91 Å². The van der Waals surface area contributed by atoms with Crippen LogP contribution in [-0.2, 0) is 23.7 Å². The van der Waals surface area contributed by atoms with Crippen LogP contribution in [0.4, 0.5) is 0 Å². The zero-order valence-electron chi connectivity index (χ0n) is 24.4. The molecule has 3 rings (SSSR count). The Labute approximate surface area is 249 Å². The molecule has 0 spiro atoms. The van der Waals surface area contributed by atoms with Crippen molar-refractivity contribution in [2.75, 3.05) is 39.9 Å². The van der Waals surface area contributed by atoms with E-state index >= 15 is 0 Å². The number of nitrogens with one attached hydrogen (secondary N) is 2. The summed E-state index contributed by atoms with van der Waals surface area (Å²) < 4.78 is 23.6. The number of nitrogens with zero attached hydrogens (tertiary/aromatic N) is 2. The number of hydrogen-bond donors (Lipinski definition) is 10. The van der Waals surface area contributed by atoms with E-state index in [0.717, 1.165) is 5.01 Å². The molecule has 3 aliphatic rings. The van der Waals surface area contributed by atoms with Crippen LogP contribution in [0.3, 0.4) is 0 Å². The molecule has 2 aliphatic heterocycles. The monoisotopic (exact) mass is 621 g/mol. The number of aliphatic hydroxyl groups excluding tert-OH is 4. The van der Waals surface area contributed by atoms with Gasteiger partial charge in [0.2, 0.25) is 12.2 Å². The van der Waals surface area contributed by atoms with Crippen LogP contribution in [0.5, 0.6) is 0 Å². The Morgan fingerprint density at radius 2 is 1.93 bits per heavy atom. The number of aliphatic hydroxyl groups is 5. The molecule has 1 amide bonds. The van der Waals surface area contributed by atoms with Gasteiger partial charge < -0.3 is 72.3 Å². The normalized spacial score (nSPS) is 38.9. The maximum absolute atomic E-state index is 12.7. The van der Waals surface area contributed by atoms with Crippen LogP contribution in [0.15, 0.2) is 17.1 Å². The molecule has 0 bridgehead atoms. The van der Waals surface area contributed by atoms with Crippen LogP contribution in [0.2, 0.25) is 0 Å². The van der Waals surface area contributed by atoms with Crippen molar-refractivity contribution in [2.45, 2.75) is 99.1 Å². The van der Waals surface area contributed by atoms with Gasteiger partial charge in [-0.2, -0.15) is 0 Å². The van der Waals surface area contributed by atoms with E-state index < -0.39 is 78.8 Å². The van der Waals surface area contributed by atoms with E-state index in [1.807, 2.05) is 0 Å². The van der Waals surface area contributed by atoms with E-state index in [1.165, 1.54) is 6.92 Å². The first-order chi connectivity index (χ1) is 20.4. The largest absolute Gasteiger partial charge is 0.466 e. The molecule has 43 heavy (non-hydrogen) atoms. The highest BCUT2D eigenvalue weighted by Gasteiger charge is 2.52. The highest BCUT2D eigenvalue weighted by atomic mass is 16.7. The summed E-state index contributed by atoms with van der Waals surface area (Å²) in [5, 5.41) is 61.8. The first-order valence-electron chi connectivity index (χ1n) is 14.3. The second-order valence-electron chi connectivity index (χ2n) is 11.3. The molecule has 0 aromatic rings. The first kappa shape index (κ1) is 35.4. The summed E-state index contributed by atoms with van der Waals surface area (Å²) in [6.45, 7) is 0.974. The van der Waals surface area contributed by atoms with Crippen LogP contribution in [0.25, 0.3) is 0 Å². The molecular weight excluding hydrogens is 574 g/mol. The molecule has 13 N–H and O–H groups in total. The minimum atomic E-state index is -1.53. The Morgan fingerprint density at radius 1 is 1.23 bits per heavy atom. The number of amides is 1. The van der Waals surface area contributed by atoms with Crippen LogP contribution in [-0.4, -0.2) is 149 Å². The van der Waals surface area contributed by atoms with Crippen molar-refractivity contribution in [3.8, 4) is 0 Å². The van der Waals surface area contributed by atoms with Crippen LogP contribution in [0.1, 0.15) is 26.2 Å². The maximum atomic E-state index is 12.7. The molecule has 12 atom stereocenters. The third kappa shape index (κ3) is 8.77. The quantitative estimate of drug-likeness (QED) is 0.0642. The molecule has 248 valence electrons. The minimum Gasteiger partial charge on any atom is -0.466 e. The Kier molecular flexibility index (Phi) is 13.0. The molecule has 0 unspecified atom stereocenters. The molecular formula is C25H47N7O11. The van der Waals surface area contributed by atoms with Gasteiger partial charge >= 0.3 is 0 Å². The molecule has 18 nitrogen and oxygen atoms in total. The molecule has 1 saturated carbocycles. The smallest absolute Gasteiger partial charge is 0.249 e. The van der Waals surface area contributed by atoms with Crippen LogP contribution in [0, 0.1) is 4.91 Å². The molecule has 0 aromatic carbocycles. The average molecular weight is 622 g/mol. The highest BCUT2D eigenvalue weighted by molar-refractivity contribution is 5.80. The number of nitroso groups, excluding NO2 is 1. The lowest BCUT2D eigenvalue weighted by Crippen LogP contribution is -2.69. The van der Waals surface area contributed by atoms with Crippen molar-refractivity contribution in [1.29, 1.82) is 0 Å². The van der Waals surface area contributed by atoms with Gasteiger partial charge in [0.1, 0.15) is 41.9 Å². The Morgan fingerprint density at radius 3 is 2.56 bits per heavy atom. The molecule has 1 saturated heterocycles. The van der Waals surface area contributed by atoms with Crippen molar-refractivity contribution in [2.24, 2.45) is 22.5 Å². The summed E-state index contributed by atoms with van der Waals surface area (Å²) in [7, 11) is 1.55. The van der Waals surface area contributed by atoms with E-state index in [-0.39, 0.29) is 45.7 Å².